The quantitative estimate of drug-likeness (QED) is 0.520. The molecule has 0 radical (unpaired) electrons. The number of hydrogen-bond acceptors (Lipinski definition) is 2. The summed E-state index contributed by atoms with van der Waals surface area (Å²) in [6.45, 7) is 6.48. The van der Waals surface area contributed by atoms with Gasteiger partial charge in [0.1, 0.15) is 11.2 Å². The standard InChI is InChI=1S/C10H18O2/c1-8-9(2,3)11-12-10(8)6-4-5-7-10/h8H,4-7H2,1-3H3. The number of hydrogen-bond donors (Lipinski definition) is 0. The Labute approximate surface area is 74.2 Å². The fourth-order valence-electron chi connectivity index (χ4n) is 2.46. The van der Waals surface area contributed by atoms with Crippen molar-refractivity contribution in [1.29, 1.82) is 0 Å². The van der Waals surface area contributed by atoms with Crippen LogP contribution in [0.5, 0.6) is 0 Å². The second-order valence-electron chi connectivity index (χ2n) is 4.76. The Morgan fingerprint density at radius 1 is 1.08 bits per heavy atom. The van der Waals surface area contributed by atoms with Crippen LogP contribution < -0.4 is 0 Å². The largest absolute Gasteiger partial charge is 0.230 e. The Morgan fingerprint density at radius 3 is 2.08 bits per heavy atom. The van der Waals surface area contributed by atoms with Gasteiger partial charge in [-0.1, -0.05) is 19.8 Å². The molecule has 0 bridgehead atoms. The van der Waals surface area contributed by atoms with Gasteiger partial charge in [-0.05, 0) is 26.7 Å². The molecule has 1 heterocycles. The van der Waals surface area contributed by atoms with E-state index in [0.29, 0.717) is 5.92 Å². The second-order valence-corrected chi connectivity index (χ2v) is 4.76. The highest BCUT2D eigenvalue weighted by atomic mass is 17.2. The fourth-order valence-corrected chi connectivity index (χ4v) is 2.46. The molecule has 0 aromatic carbocycles. The Kier molecular flexibility index (Phi) is 1.74. The SMILES string of the molecule is CC1C(C)(C)OOC12CCCC2. The summed E-state index contributed by atoms with van der Waals surface area (Å²) in [5, 5.41) is 0. The van der Waals surface area contributed by atoms with E-state index in [9.17, 15) is 0 Å². The molecule has 0 aromatic rings. The van der Waals surface area contributed by atoms with E-state index in [1.54, 1.807) is 0 Å². The van der Waals surface area contributed by atoms with E-state index in [2.05, 4.69) is 20.8 Å². The number of rotatable bonds is 0. The highest BCUT2D eigenvalue weighted by Gasteiger charge is 2.54. The van der Waals surface area contributed by atoms with Gasteiger partial charge in [-0.3, -0.25) is 0 Å². The monoisotopic (exact) mass is 170 g/mol. The molecule has 0 aromatic heterocycles. The Bertz CT molecular complexity index is 180. The zero-order valence-electron chi connectivity index (χ0n) is 8.22. The molecule has 1 atom stereocenters. The van der Waals surface area contributed by atoms with Gasteiger partial charge in [-0.15, -0.1) is 0 Å². The maximum Gasteiger partial charge on any atom is 0.109 e. The zero-order chi connectivity index (χ0) is 8.82. The summed E-state index contributed by atoms with van der Waals surface area (Å²) in [6.07, 6.45) is 4.95. The van der Waals surface area contributed by atoms with Crippen molar-refractivity contribution in [2.75, 3.05) is 0 Å². The van der Waals surface area contributed by atoms with Crippen molar-refractivity contribution in [1.82, 2.24) is 0 Å². The van der Waals surface area contributed by atoms with Crippen LogP contribution >= 0.6 is 0 Å². The van der Waals surface area contributed by atoms with Crippen LogP contribution in [-0.4, -0.2) is 11.2 Å². The maximum atomic E-state index is 5.53. The molecule has 2 fully saturated rings. The van der Waals surface area contributed by atoms with Crippen molar-refractivity contribution in [2.45, 2.75) is 57.7 Å². The van der Waals surface area contributed by atoms with Crippen molar-refractivity contribution in [2.24, 2.45) is 5.92 Å². The topological polar surface area (TPSA) is 18.5 Å². The van der Waals surface area contributed by atoms with Crippen LogP contribution in [-0.2, 0) is 9.78 Å². The molecule has 1 unspecified atom stereocenters. The minimum atomic E-state index is -0.0929. The smallest absolute Gasteiger partial charge is 0.109 e. The first-order valence-electron chi connectivity index (χ1n) is 4.94. The highest BCUT2D eigenvalue weighted by molar-refractivity contribution is 4.99. The summed E-state index contributed by atoms with van der Waals surface area (Å²) >= 11 is 0. The van der Waals surface area contributed by atoms with Gasteiger partial charge in [0.25, 0.3) is 0 Å². The first kappa shape index (κ1) is 8.52. The summed E-state index contributed by atoms with van der Waals surface area (Å²) in [5.41, 5.74) is -0.0339. The summed E-state index contributed by atoms with van der Waals surface area (Å²) in [4.78, 5) is 10.9. The molecule has 2 nitrogen and oxygen atoms in total. The molecule has 1 aliphatic heterocycles. The minimum Gasteiger partial charge on any atom is -0.230 e. The summed E-state index contributed by atoms with van der Waals surface area (Å²) in [7, 11) is 0. The van der Waals surface area contributed by atoms with Gasteiger partial charge in [0, 0.05) is 5.92 Å². The van der Waals surface area contributed by atoms with Crippen molar-refractivity contribution >= 4 is 0 Å². The van der Waals surface area contributed by atoms with Gasteiger partial charge in [-0.2, -0.15) is 0 Å². The predicted molar refractivity (Wildman–Crippen MR) is 46.6 cm³/mol. The molecule has 1 spiro atoms. The third-order valence-electron chi connectivity index (χ3n) is 3.70. The van der Waals surface area contributed by atoms with Crippen LogP contribution in [0.2, 0.25) is 0 Å². The van der Waals surface area contributed by atoms with Crippen LogP contribution in [0.4, 0.5) is 0 Å². The first-order chi connectivity index (χ1) is 5.57. The summed E-state index contributed by atoms with van der Waals surface area (Å²) in [5.74, 6) is 0.521. The average Bonchev–Trinajstić information content (AvgIpc) is 2.55. The molecule has 1 saturated carbocycles. The second kappa shape index (κ2) is 2.46. The first-order valence-corrected chi connectivity index (χ1v) is 4.94. The third-order valence-corrected chi connectivity index (χ3v) is 3.70. The van der Waals surface area contributed by atoms with Crippen LogP contribution in [0, 0.1) is 5.92 Å². The van der Waals surface area contributed by atoms with Crippen LogP contribution in [0.3, 0.4) is 0 Å². The predicted octanol–water partition coefficient (Wildman–Crippen LogP) is 2.68. The Morgan fingerprint density at radius 2 is 1.67 bits per heavy atom. The van der Waals surface area contributed by atoms with Crippen molar-refractivity contribution in [3.8, 4) is 0 Å². The zero-order valence-corrected chi connectivity index (χ0v) is 8.22. The van der Waals surface area contributed by atoms with Gasteiger partial charge in [0.2, 0.25) is 0 Å². The molecular weight excluding hydrogens is 152 g/mol. The molecule has 0 amide bonds. The van der Waals surface area contributed by atoms with Gasteiger partial charge in [-0.25, -0.2) is 9.78 Å². The summed E-state index contributed by atoms with van der Waals surface area (Å²) in [6, 6.07) is 0. The van der Waals surface area contributed by atoms with Crippen molar-refractivity contribution in [3.63, 3.8) is 0 Å². The normalized spacial score (nSPS) is 37.8. The molecule has 70 valence electrons. The lowest BCUT2D eigenvalue weighted by Crippen LogP contribution is -2.37. The minimum absolute atomic E-state index is 0.0590. The lowest BCUT2D eigenvalue weighted by atomic mass is 9.78. The average molecular weight is 170 g/mol. The van der Waals surface area contributed by atoms with Crippen molar-refractivity contribution in [3.05, 3.63) is 0 Å². The van der Waals surface area contributed by atoms with E-state index in [4.69, 9.17) is 9.78 Å². The van der Waals surface area contributed by atoms with E-state index in [0.717, 1.165) is 0 Å². The maximum absolute atomic E-state index is 5.53. The molecule has 2 heteroatoms. The van der Waals surface area contributed by atoms with E-state index >= 15 is 0 Å². The Balaban J connectivity index is 2.19. The van der Waals surface area contributed by atoms with Crippen LogP contribution in [0.1, 0.15) is 46.5 Å². The van der Waals surface area contributed by atoms with Crippen LogP contribution in [0.15, 0.2) is 0 Å². The van der Waals surface area contributed by atoms with Gasteiger partial charge < -0.3 is 0 Å². The van der Waals surface area contributed by atoms with E-state index in [1.165, 1.54) is 25.7 Å². The van der Waals surface area contributed by atoms with E-state index in [-0.39, 0.29) is 11.2 Å². The Hall–Kier alpha value is -0.0800. The molecule has 1 saturated heterocycles. The lowest BCUT2D eigenvalue weighted by molar-refractivity contribution is -0.343. The molecule has 1 aliphatic carbocycles. The molecule has 2 rings (SSSR count). The lowest BCUT2D eigenvalue weighted by Gasteiger charge is -2.27. The summed E-state index contributed by atoms with van der Waals surface area (Å²) < 4.78 is 0. The highest BCUT2D eigenvalue weighted by Crippen LogP contribution is 2.50. The van der Waals surface area contributed by atoms with Gasteiger partial charge in [0.05, 0.1) is 0 Å². The fraction of sp³-hybridized carbons (Fsp3) is 1.00. The third kappa shape index (κ3) is 1.01. The van der Waals surface area contributed by atoms with Gasteiger partial charge >= 0.3 is 0 Å². The molecule has 0 N–H and O–H groups in total. The van der Waals surface area contributed by atoms with Crippen molar-refractivity contribution < 1.29 is 9.78 Å². The molecule has 12 heavy (non-hydrogen) atoms. The molecule has 2 aliphatic rings. The van der Waals surface area contributed by atoms with E-state index < -0.39 is 0 Å². The van der Waals surface area contributed by atoms with E-state index in [1.807, 2.05) is 0 Å². The van der Waals surface area contributed by atoms with Crippen LogP contribution in [0.25, 0.3) is 0 Å². The molecular formula is C10H18O2. The van der Waals surface area contributed by atoms with Gasteiger partial charge in [0.15, 0.2) is 0 Å².